The largest absolute Gasteiger partial charge is 0.497 e. The maximum atomic E-state index is 5.15. The van der Waals surface area contributed by atoms with Gasteiger partial charge in [-0.3, -0.25) is 0 Å². The highest BCUT2D eigenvalue weighted by molar-refractivity contribution is 5.81. The maximum absolute atomic E-state index is 5.15. The molecular weight excluding hydrogens is 178 g/mol. The van der Waals surface area contributed by atoms with Gasteiger partial charge >= 0.3 is 0 Å². The molecule has 0 aliphatic heterocycles. The number of H-pyrrole nitrogens is 1. The molecule has 1 aromatic heterocycles. The summed E-state index contributed by atoms with van der Waals surface area (Å²) >= 11 is 0. The van der Waals surface area contributed by atoms with Crippen LogP contribution in [-0.2, 0) is 11.3 Å². The van der Waals surface area contributed by atoms with Gasteiger partial charge in [-0.05, 0) is 24.3 Å². The number of aromatic amines is 1. The highest BCUT2D eigenvalue weighted by Crippen LogP contribution is 2.21. The lowest BCUT2D eigenvalue weighted by Gasteiger charge is -1.97. The van der Waals surface area contributed by atoms with Gasteiger partial charge in [0.1, 0.15) is 5.75 Å². The van der Waals surface area contributed by atoms with Gasteiger partial charge in [0.2, 0.25) is 0 Å². The summed E-state index contributed by atoms with van der Waals surface area (Å²) in [4.78, 5) is 3.27. The Morgan fingerprint density at radius 2 is 2.07 bits per heavy atom. The van der Waals surface area contributed by atoms with Crippen molar-refractivity contribution in [3.63, 3.8) is 0 Å². The Hall–Kier alpha value is -1.48. The van der Waals surface area contributed by atoms with E-state index in [9.17, 15) is 0 Å². The molecule has 2 rings (SSSR count). The van der Waals surface area contributed by atoms with Gasteiger partial charge in [-0.1, -0.05) is 0 Å². The predicted octanol–water partition coefficient (Wildman–Crippen LogP) is 2.32. The number of ether oxygens (including phenoxy) is 2. The highest BCUT2D eigenvalue weighted by atomic mass is 16.5. The molecule has 3 nitrogen and oxygen atoms in total. The number of aromatic nitrogens is 1. The fourth-order valence-electron chi connectivity index (χ4n) is 1.53. The number of rotatable bonds is 3. The standard InChI is InChI=1S/C11H13NO2/c1-13-7-9-5-8-6-10(14-2)3-4-11(8)12-9/h3-6,12H,7H2,1-2H3. The molecule has 1 N–H and O–H groups in total. The van der Waals surface area contributed by atoms with Gasteiger partial charge in [0.25, 0.3) is 0 Å². The minimum Gasteiger partial charge on any atom is -0.497 e. The van der Waals surface area contributed by atoms with Gasteiger partial charge in [0.05, 0.1) is 13.7 Å². The van der Waals surface area contributed by atoms with Crippen LogP contribution in [-0.4, -0.2) is 19.2 Å². The molecule has 0 atom stereocenters. The Kier molecular flexibility index (Phi) is 2.41. The van der Waals surface area contributed by atoms with E-state index in [2.05, 4.69) is 11.1 Å². The summed E-state index contributed by atoms with van der Waals surface area (Å²) in [5.74, 6) is 0.875. The first-order valence-electron chi connectivity index (χ1n) is 4.48. The molecule has 0 saturated carbocycles. The van der Waals surface area contributed by atoms with E-state index in [1.54, 1.807) is 14.2 Å². The van der Waals surface area contributed by atoms with E-state index in [0.717, 1.165) is 22.3 Å². The second kappa shape index (κ2) is 3.72. The smallest absolute Gasteiger partial charge is 0.119 e. The molecule has 0 amide bonds. The van der Waals surface area contributed by atoms with Gasteiger partial charge in [-0.25, -0.2) is 0 Å². The fraction of sp³-hybridized carbons (Fsp3) is 0.273. The van der Waals surface area contributed by atoms with Crippen molar-refractivity contribution in [2.24, 2.45) is 0 Å². The quantitative estimate of drug-likeness (QED) is 0.807. The SMILES string of the molecule is COCc1cc2cc(OC)ccc2[nH]1. The van der Waals surface area contributed by atoms with Crippen LogP contribution in [0.25, 0.3) is 10.9 Å². The molecule has 0 aliphatic rings. The van der Waals surface area contributed by atoms with Crippen LogP contribution in [0.3, 0.4) is 0 Å². The first-order chi connectivity index (χ1) is 6.83. The van der Waals surface area contributed by atoms with Gasteiger partial charge in [0.15, 0.2) is 0 Å². The van der Waals surface area contributed by atoms with Gasteiger partial charge in [-0.15, -0.1) is 0 Å². The minimum atomic E-state index is 0.608. The third-order valence-electron chi connectivity index (χ3n) is 2.18. The summed E-state index contributed by atoms with van der Waals surface area (Å²) in [5.41, 5.74) is 2.19. The third-order valence-corrected chi connectivity index (χ3v) is 2.18. The summed E-state index contributed by atoms with van der Waals surface area (Å²) in [6.07, 6.45) is 0. The van der Waals surface area contributed by atoms with E-state index in [-0.39, 0.29) is 0 Å². The van der Waals surface area contributed by atoms with Crippen molar-refractivity contribution in [3.05, 3.63) is 30.0 Å². The van der Waals surface area contributed by atoms with Gasteiger partial charge in [-0.2, -0.15) is 0 Å². The van der Waals surface area contributed by atoms with Crippen molar-refractivity contribution in [2.45, 2.75) is 6.61 Å². The first kappa shape index (κ1) is 9.09. The molecule has 0 radical (unpaired) electrons. The number of benzene rings is 1. The Bertz CT molecular complexity index is 434. The third kappa shape index (κ3) is 1.59. The van der Waals surface area contributed by atoms with Crippen LogP contribution in [0.15, 0.2) is 24.3 Å². The Morgan fingerprint density at radius 3 is 2.79 bits per heavy atom. The average Bonchev–Trinajstić information content (AvgIpc) is 2.59. The zero-order chi connectivity index (χ0) is 9.97. The molecule has 3 heteroatoms. The second-order valence-corrected chi connectivity index (χ2v) is 3.18. The minimum absolute atomic E-state index is 0.608. The van der Waals surface area contributed by atoms with E-state index in [0.29, 0.717) is 6.61 Å². The van der Waals surface area contributed by atoms with E-state index >= 15 is 0 Å². The van der Waals surface area contributed by atoms with Crippen molar-refractivity contribution in [1.29, 1.82) is 0 Å². The van der Waals surface area contributed by atoms with Crippen LogP contribution in [0, 0.1) is 0 Å². The summed E-state index contributed by atoms with van der Waals surface area (Å²) in [7, 11) is 3.36. The Morgan fingerprint density at radius 1 is 1.21 bits per heavy atom. The van der Waals surface area contributed by atoms with Crippen molar-refractivity contribution in [3.8, 4) is 5.75 Å². The second-order valence-electron chi connectivity index (χ2n) is 3.18. The predicted molar refractivity (Wildman–Crippen MR) is 55.6 cm³/mol. The molecule has 0 aliphatic carbocycles. The summed E-state index contributed by atoms with van der Waals surface area (Å²) in [6.45, 7) is 0.608. The molecule has 0 fully saturated rings. The van der Waals surface area contributed by atoms with Crippen molar-refractivity contribution in [1.82, 2.24) is 4.98 Å². The molecular formula is C11H13NO2. The maximum Gasteiger partial charge on any atom is 0.119 e. The lowest BCUT2D eigenvalue weighted by atomic mass is 10.2. The Labute approximate surface area is 82.6 Å². The van der Waals surface area contributed by atoms with Crippen LogP contribution < -0.4 is 4.74 Å². The van der Waals surface area contributed by atoms with E-state index < -0.39 is 0 Å². The molecule has 1 heterocycles. The van der Waals surface area contributed by atoms with Crippen LogP contribution in [0.4, 0.5) is 0 Å². The molecule has 0 bridgehead atoms. The number of methoxy groups -OCH3 is 2. The van der Waals surface area contributed by atoms with Crippen LogP contribution >= 0.6 is 0 Å². The molecule has 0 saturated heterocycles. The number of hydrogen-bond acceptors (Lipinski definition) is 2. The average molecular weight is 191 g/mol. The lowest BCUT2D eigenvalue weighted by molar-refractivity contribution is 0.182. The van der Waals surface area contributed by atoms with E-state index in [4.69, 9.17) is 9.47 Å². The zero-order valence-corrected chi connectivity index (χ0v) is 8.33. The summed E-state index contributed by atoms with van der Waals surface area (Å²) in [5, 5.41) is 1.15. The molecule has 74 valence electrons. The molecule has 1 aromatic carbocycles. The first-order valence-corrected chi connectivity index (χ1v) is 4.48. The van der Waals surface area contributed by atoms with Crippen molar-refractivity contribution >= 4 is 10.9 Å². The van der Waals surface area contributed by atoms with E-state index in [1.807, 2.05) is 18.2 Å². The molecule has 14 heavy (non-hydrogen) atoms. The number of hydrogen-bond donors (Lipinski definition) is 1. The number of fused-ring (bicyclic) bond motifs is 1. The topological polar surface area (TPSA) is 34.2 Å². The van der Waals surface area contributed by atoms with E-state index in [1.165, 1.54) is 0 Å². The van der Waals surface area contributed by atoms with Crippen LogP contribution in [0.2, 0.25) is 0 Å². The Balaban J connectivity index is 2.43. The summed E-state index contributed by atoms with van der Waals surface area (Å²) < 4.78 is 10.2. The van der Waals surface area contributed by atoms with Crippen molar-refractivity contribution in [2.75, 3.05) is 14.2 Å². The van der Waals surface area contributed by atoms with Gasteiger partial charge in [0, 0.05) is 23.7 Å². The lowest BCUT2D eigenvalue weighted by Crippen LogP contribution is -1.85. The molecule has 0 spiro atoms. The normalized spacial score (nSPS) is 10.7. The number of nitrogens with one attached hydrogen (secondary N) is 1. The summed E-state index contributed by atoms with van der Waals surface area (Å²) in [6, 6.07) is 8.02. The molecule has 0 unspecified atom stereocenters. The van der Waals surface area contributed by atoms with Crippen LogP contribution in [0.1, 0.15) is 5.69 Å². The van der Waals surface area contributed by atoms with Gasteiger partial charge < -0.3 is 14.5 Å². The molecule has 2 aromatic rings. The van der Waals surface area contributed by atoms with Crippen LogP contribution in [0.5, 0.6) is 5.75 Å². The highest BCUT2D eigenvalue weighted by Gasteiger charge is 2.01. The zero-order valence-electron chi connectivity index (χ0n) is 8.33. The monoisotopic (exact) mass is 191 g/mol. The van der Waals surface area contributed by atoms with Crippen molar-refractivity contribution < 1.29 is 9.47 Å². The fourth-order valence-corrected chi connectivity index (χ4v) is 1.53.